The zero-order chi connectivity index (χ0) is 25.9. The Bertz CT molecular complexity index is 1130. The summed E-state index contributed by atoms with van der Waals surface area (Å²) in [5.41, 5.74) is 3.88. The SMILES string of the molecule is CCCCNC(=O)[C@H](Cc1ccccc1)N(Cc1ccc(F)cc1)C(=O)COc1ccc(C)c(C)c1. The van der Waals surface area contributed by atoms with Crippen molar-refractivity contribution in [3.63, 3.8) is 0 Å². The largest absolute Gasteiger partial charge is 0.484 e. The smallest absolute Gasteiger partial charge is 0.261 e. The molecule has 0 saturated carbocycles. The van der Waals surface area contributed by atoms with Crippen LogP contribution in [0.1, 0.15) is 42.0 Å². The van der Waals surface area contributed by atoms with Crippen LogP contribution in [0.15, 0.2) is 72.8 Å². The number of aryl methyl sites for hydroxylation is 2. The van der Waals surface area contributed by atoms with E-state index in [2.05, 4.69) is 12.2 Å². The van der Waals surface area contributed by atoms with Crippen LogP contribution in [0, 0.1) is 19.7 Å². The number of hydrogen-bond acceptors (Lipinski definition) is 3. The summed E-state index contributed by atoms with van der Waals surface area (Å²) in [5.74, 6) is -0.286. The number of ether oxygens (including phenoxy) is 1. The van der Waals surface area contributed by atoms with Crippen LogP contribution in [-0.2, 0) is 22.6 Å². The molecule has 5 nitrogen and oxygen atoms in total. The normalized spacial score (nSPS) is 11.6. The van der Waals surface area contributed by atoms with Gasteiger partial charge in [-0.2, -0.15) is 0 Å². The lowest BCUT2D eigenvalue weighted by atomic mass is 10.0. The minimum absolute atomic E-state index is 0.161. The summed E-state index contributed by atoms with van der Waals surface area (Å²) >= 11 is 0. The molecule has 0 fully saturated rings. The molecule has 190 valence electrons. The molecule has 0 unspecified atom stereocenters. The van der Waals surface area contributed by atoms with E-state index in [-0.39, 0.29) is 30.8 Å². The number of amides is 2. The minimum Gasteiger partial charge on any atom is -0.484 e. The number of carbonyl (C=O) groups excluding carboxylic acids is 2. The molecule has 0 bridgehead atoms. The lowest BCUT2D eigenvalue weighted by molar-refractivity contribution is -0.142. The molecule has 0 saturated heterocycles. The third-order valence-electron chi connectivity index (χ3n) is 6.21. The van der Waals surface area contributed by atoms with Gasteiger partial charge in [-0.25, -0.2) is 4.39 Å². The summed E-state index contributed by atoms with van der Waals surface area (Å²) in [7, 11) is 0. The molecule has 0 heterocycles. The molecular formula is C30H35FN2O3. The van der Waals surface area contributed by atoms with Crippen molar-refractivity contribution in [3.05, 3.63) is 101 Å². The summed E-state index contributed by atoms with van der Waals surface area (Å²) < 4.78 is 19.4. The first-order valence-electron chi connectivity index (χ1n) is 12.4. The Balaban J connectivity index is 1.88. The zero-order valence-electron chi connectivity index (χ0n) is 21.3. The summed E-state index contributed by atoms with van der Waals surface area (Å²) in [6.07, 6.45) is 2.16. The van der Waals surface area contributed by atoms with E-state index in [4.69, 9.17) is 4.74 Å². The van der Waals surface area contributed by atoms with Gasteiger partial charge in [0.2, 0.25) is 5.91 Å². The monoisotopic (exact) mass is 490 g/mol. The molecule has 36 heavy (non-hydrogen) atoms. The van der Waals surface area contributed by atoms with E-state index in [1.165, 1.54) is 12.1 Å². The van der Waals surface area contributed by atoms with E-state index in [1.807, 2.05) is 62.4 Å². The number of carbonyl (C=O) groups is 2. The van der Waals surface area contributed by atoms with Gasteiger partial charge in [-0.1, -0.05) is 61.9 Å². The first-order chi connectivity index (χ1) is 17.4. The predicted octanol–water partition coefficient (Wildman–Crippen LogP) is 5.38. The summed E-state index contributed by atoms with van der Waals surface area (Å²) in [6.45, 7) is 6.55. The van der Waals surface area contributed by atoms with Gasteiger partial charge >= 0.3 is 0 Å². The van der Waals surface area contributed by atoms with Crippen LogP contribution in [0.3, 0.4) is 0 Å². The highest BCUT2D eigenvalue weighted by Crippen LogP contribution is 2.19. The maximum Gasteiger partial charge on any atom is 0.261 e. The van der Waals surface area contributed by atoms with Gasteiger partial charge in [-0.15, -0.1) is 0 Å². The van der Waals surface area contributed by atoms with Gasteiger partial charge < -0.3 is 15.0 Å². The van der Waals surface area contributed by atoms with Crippen molar-refractivity contribution < 1.29 is 18.7 Å². The molecule has 0 aliphatic carbocycles. The zero-order valence-corrected chi connectivity index (χ0v) is 21.3. The fraction of sp³-hybridized carbons (Fsp3) is 0.333. The Hall–Kier alpha value is -3.67. The van der Waals surface area contributed by atoms with E-state index in [0.29, 0.717) is 18.7 Å². The molecule has 0 aliphatic heterocycles. The Morgan fingerprint density at radius 2 is 1.67 bits per heavy atom. The Kier molecular flexibility index (Phi) is 10.0. The molecule has 0 spiro atoms. The minimum atomic E-state index is -0.745. The van der Waals surface area contributed by atoms with Crippen LogP contribution in [0.25, 0.3) is 0 Å². The number of nitrogens with zero attached hydrogens (tertiary/aromatic N) is 1. The number of benzene rings is 3. The maximum atomic E-state index is 13.6. The van der Waals surface area contributed by atoms with Crippen molar-refractivity contribution in [1.82, 2.24) is 10.2 Å². The van der Waals surface area contributed by atoms with E-state index >= 15 is 0 Å². The van der Waals surface area contributed by atoms with Crippen molar-refractivity contribution in [1.29, 1.82) is 0 Å². The summed E-state index contributed by atoms with van der Waals surface area (Å²) in [6, 6.07) is 20.5. The lowest BCUT2D eigenvalue weighted by Crippen LogP contribution is -2.51. The second-order valence-electron chi connectivity index (χ2n) is 9.03. The van der Waals surface area contributed by atoms with Gasteiger partial charge in [-0.05, 0) is 66.8 Å². The van der Waals surface area contributed by atoms with Crippen LogP contribution >= 0.6 is 0 Å². The molecule has 3 aromatic carbocycles. The molecule has 0 radical (unpaired) electrons. The molecule has 3 rings (SSSR count). The molecule has 0 aliphatic rings. The summed E-state index contributed by atoms with van der Waals surface area (Å²) in [4.78, 5) is 28.5. The predicted molar refractivity (Wildman–Crippen MR) is 140 cm³/mol. The van der Waals surface area contributed by atoms with Gasteiger partial charge in [-0.3, -0.25) is 9.59 Å². The first-order valence-corrected chi connectivity index (χ1v) is 12.4. The van der Waals surface area contributed by atoms with Crippen LogP contribution < -0.4 is 10.1 Å². The average molecular weight is 491 g/mol. The third-order valence-corrected chi connectivity index (χ3v) is 6.21. The van der Waals surface area contributed by atoms with E-state index < -0.39 is 6.04 Å². The molecular weight excluding hydrogens is 455 g/mol. The summed E-state index contributed by atoms with van der Waals surface area (Å²) in [5, 5.41) is 2.99. The molecule has 1 atom stereocenters. The Morgan fingerprint density at radius 3 is 2.33 bits per heavy atom. The maximum absolute atomic E-state index is 13.6. The van der Waals surface area contributed by atoms with Gasteiger partial charge in [0.25, 0.3) is 5.91 Å². The highest BCUT2D eigenvalue weighted by Gasteiger charge is 2.30. The molecule has 3 aromatic rings. The van der Waals surface area contributed by atoms with Crippen molar-refractivity contribution >= 4 is 11.8 Å². The van der Waals surface area contributed by atoms with Gasteiger partial charge in [0, 0.05) is 19.5 Å². The van der Waals surface area contributed by atoms with Crippen molar-refractivity contribution in [2.24, 2.45) is 0 Å². The second-order valence-corrected chi connectivity index (χ2v) is 9.03. The standard InChI is InChI=1S/C30H35FN2O3/c1-4-5-17-32-30(35)28(19-24-9-7-6-8-10-24)33(20-25-12-14-26(31)15-13-25)29(34)21-36-27-16-11-22(2)23(3)18-27/h6-16,18,28H,4-5,17,19-21H2,1-3H3,(H,32,35)/t28-/m0/s1. The quantitative estimate of drug-likeness (QED) is 0.347. The fourth-order valence-electron chi connectivity index (χ4n) is 3.88. The van der Waals surface area contributed by atoms with Crippen molar-refractivity contribution in [3.8, 4) is 5.75 Å². The topological polar surface area (TPSA) is 58.6 Å². The second kappa shape index (κ2) is 13.4. The van der Waals surface area contributed by atoms with Crippen molar-refractivity contribution in [2.75, 3.05) is 13.2 Å². The number of nitrogens with one attached hydrogen (secondary N) is 1. The molecule has 0 aromatic heterocycles. The van der Waals surface area contributed by atoms with E-state index in [1.54, 1.807) is 17.0 Å². The van der Waals surface area contributed by atoms with Gasteiger partial charge in [0.05, 0.1) is 0 Å². The van der Waals surface area contributed by atoms with Gasteiger partial charge in [0.1, 0.15) is 17.6 Å². The highest BCUT2D eigenvalue weighted by molar-refractivity contribution is 5.88. The number of halogens is 1. The van der Waals surface area contributed by atoms with Crippen LogP contribution in [0.5, 0.6) is 5.75 Å². The lowest BCUT2D eigenvalue weighted by Gasteiger charge is -2.31. The number of unbranched alkanes of at least 4 members (excludes halogenated alkanes) is 1. The van der Waals surface area contributed by atoms with Crippen LogP contribution in [0.2, 0.25) is 0 Å². The average Bonchev–Trinajstić information content (AvgIpc) is 2.88. The third kappa shape index (κ3) is 7.94. The van der Waals surface area contributed by atoms with Crippen LogP contribution in [0.4, 0.5) is 4.39 Å². The molecule has 2 amide bonds. The van der Waals surface area contributed by atoms with Crippen LogP contribution in [-0.4, -0.2) is 35.9 Å². The van der Waals surface area contributed by atoms with Gasteiger partial charge in [0.15, 0.2) is 6.61 Å². The molecule has 1 N–H and O–H groups in total. The Morgan fingerprint density at radius 1 is 0.944 bits per heavy atom. The number of hydrogen-bond donors (Lipinski definition) is 1. The van der Waals surface area contributed by atoms with E-state index in [9.17, 15) is 14.0 Å². The van der Waals surface area contributed by atoms with E-state index in [0.717, 1.165) is 35.1 Å². The number of rotatable bonds is 12. The highest BCUT2D eigenvalue weighted by atomic mass is 19.1. The fourth-order valence-corrected chi connectivity index (χ4v) is 3.88. The first kappa shape index (κ1) is 26.9. The Labute approximate surface area is 213 Å². The molecule has 6 heteroatoms. The van der Waals surface area contributed by atoms with Crippen molar-refractivity contribution in [2.45, 2.75) is 52.6 Å².